The molecule has 12 nitrogen and oxygen atoms in total. The van der Waals surface area contributed by atoms with E-state index in [2.05, 4.69) is 37.3 Å². The summed E-state index contributed by atoms with van der Waals surface area (Å²) < 4.78 is 13.7. The Balaban J connectivity index is 0.000000168. The van der Waals surface area contributed by atoms with Crippen LogP contribution in [0.3, 0.4) is 0 Å². The molecule has 0 atom stereocenters. The average Bonchev–Trinajstić information content (AvgIpc) is 3.62. The summed E-state index contributed by atoms with van der Waals surface area (Å²) >= 11 is 1.50. The Morgan fingerprint density at radius 3 is 1.83 bits per heavy atom. The zero-order valence-electron chi connectivity index (χ0n) is 27.1. The Hall–Kier alpha value is -4.91. The molecule has 47 heavy (non-hydrogen) atoms. The minimum Gasteiger partial charge on any atom is -0.461 e. The van der Waals surface area contributed by atoms with Gasteiger partial charge in [0, 0.05) is 44.0 Å². The summed E-state index contributed by atoms with van der Waals surface area (Å²) in [5.41, 5.74) is 9.55. The lowest BCUT2D eigenvalue weighted by atomic mass is 9.93. The molecule has 0 unspecified atom stereocenters. The quantitative estimate of drug-likeness (QED) is 0.138. The molecular weight excluding hydrogens is 616 g/mol. The molecule has 0 bridgehead atoms. The smallest absolute Gasteiger partial charge is 0.359 e. The van der Waals surface area contributed by atoms with E-state index in [0.717, 1.165) is 81.7 Å². The summed E-state index contributed by atoms with van der Waals surface area (Å²) in [5.74, 6) is 0.0324. The maximum Gasteiger partial charge on any atom is 0.359 e. The first-order valence-electron chi connectivity index (χ1n) is 15.6. The van der Waals surface area contributed by atoms with Gasteiger partial charge in [0.25, 0.3) is 0 Å². The number of thioether (sulfide) groups is 1. The van der Waals surface area contributed by atoms with E-state index in [9.17, 15) is 9.59 Å². The number of carbonyl (C=O) groups excluding carboxylic acids is 2. The normalized spacial score (nSPS) is 12.5. The van der Waals surface area contributed by atoms with Gasteiger partial charge in [0.2, 0.25) is 0 Å². The van der Waals surface area contributed by atoms with Crippen LogP contribution in [0.1, 0.15) is 68.5 Å². The second-order valence-corrected chi connectivity index (χ2v) is 11.9. The van der Waals surface area contributed by atoms with Crippen LogP contribution in [0.4, 0.5) is 0 Å². The molecule has 242 valence electrons. The largest absolute Gasteiger partial charge is 0.461 e. The fourth-order valence-corrected chi connectivity index (χ4v) is 6.36. The summed E-state index contributed by atoms with van der Waals surface area (Å²) in [6.07, 6.45) is 9.50. The molecule has 7 rings (SSSR count). The minimum atomic E-state index is -0.369. The molecule has 13 heteroatoms. The summed E-state index contributed by atoms with van der Waals surface area (Å²) in [6, 6.07) is 10.2. The topological polar surface area (TPSA) is 140 Å². The van der Waals surface area contributed by atoms with Crippen LogP contribution < -0.4 is 0 Å². The lowest BCUT2D eigenvalue weighted by Crippen LogP contribution is -2.13. The van der Waals surface area contributed by atoms with E-state index in [1.165, 1.54) is 17.3 Å². The van der Waals surface area contributed by atoms with Gasteiger partial charge >= 0.3 is 11.9 Å². The molecule has 0 aliphatic heterocycles. The zero-order chi connectivity index (χ0) is 33.1. The lowest BCUT2D eigenvalue weighted by molar-refractivity contribution is 0.0508. The van der Waals surface area contributed by atoms with Crippen LogP contribution in [0, 0.1) is 0 Å². The average molecular weight is 653 g/mol. The molecular formula is C34H36N8O4S. The number of nitrogens with zero attached hydrogens (tertiary/aromatic N) is 8. The van der Waals surface area contributed by atoms with Crippen molar-refractivity contribution in [3.63, 3.8) is 0 Å². The number of fused-ring (bicyclic) bond motifs is 6. The lowest BCUT2D eigenvalue weighted by Gasteiger charge is -2.17. The fraction of sp³-hybridized carbons (Fsp3) is 0.353. The van der Waals surface area contributed by atoms with Crippen LogP contribution in [0.25, 0.3) is 22.8 Å². The number of hydrogen-bond donors (Lipinski definition) is 0. The molecule has 0 saturated carbocycles. The summed E-state index contributed by atoms with van der Waals surface area (Å²) in [6.45, 7) is 4.27. The van der Waals surface area contributed by atoms with Gasteiger partial charge in [-0.05, 0) is 62.5 Å². The maximum atomic E-state index is 12.2. The highest BCUT2D eigenvalue weighted by atomic mass is 32.2. The van der Waals surface area contributed by atoms with Crippen molar-refractivity contribution >= 4 is 23.7 Å². The van der Waals surface area contributed by atoms with Gasteiger partial charge in [0.05, 0.1) is 36.0 Å². The highest BCUT2D eigenvalue weighted by Crippen LogP contribution is 2.35. The molecule has 0 radical (unpaired) electrons. The van der Waals surface area contributed by atoms with E-state index in [0.29, 0.717) is 31.0 Å². The van der Waals surface area contributed by atoms with Gasteiger partial charge in [0.1, 0.15) is 5.82 Å². The fourth-order valence-electron chi connectivity index (χ4n) is 6.02. The van der Waals surface area contributed by atoms with Crippen LogP contribution in [-0.4, -0.2) is 70.9 Å². The van der Waals surface area contributed by atoms with Crippen molar-refractivity contribution in [2.24, 2.45) is 14.1 Å². The molecule has 5 aromatic rings. The van der Waals surface area contributed by atoms with E-state index < -0.39 is 0 Å². The summed E-state index contributed by atoms with van der Waals surface area (Å²) in [5, 5.41) is 9.47. The number of aryl methyl sites for hydroxylation is 4. The van der Waals surface area contributed by atoms with E-state index in [4.69, 9.17) is 14.5 Å². The van der Waals surface area contributed by atoms with Gasteiger partial charge < -0.3 is 9.47 Å². The van der Waals surface area contributed by atoms with Crippen LogP contribution in [-0.2, 0) is 55.7 Å². The third-order valence-corrected chi connectivity index (χ3v) is 8.67. The molecule has 4 heterocycles. The van der Waals surface area contributed by atoms with Crippen LogP contribution in [0.15, 0.2) is 47.9 Å². The standard InChI is InChI=1S/C20H20N4O2.C14H16N4O2S/c1-3-26-20(25)18-15-10-9-14-12-21-16(11-13-7-5-4-6-8-13)22-17(14)19(15)24(2)23-18;1-4-20-13(19)11-9-6-5-8-7-15-14(21-3)16-10(8)12(9)18(2)17-11/h4-8,12H,3,9-11H2,1-2H3;7H,4-6H2,1-3H3. The number of esters is 2. The molecule has 0 fully saturated rings. The Morgan fingerprint density at radius 1 is 0.766 bits per heavy atom. The number of benzene rings is 1. The van der Waals surface area contributed by atoms with Gasteiger partial charge in [-0.15, -0.1) is 0 Å². The van der Waals surface area contributed by atoms with Crippen LogP contribution >= 0.6 is 11.8 Å². The third kappa shape index (κ3) is 6.39. The van der Waals surface area contributed by atoms with Gasteiger partial charge in [-0.25, -0.2) is 29.5 Å². The highest BCUT2D eigenvalue weighted by Gasteiger charge is 2.30. The van der Waals surface area contributed by atoms with E-state index >= 15 is 0 Å². The number of carbonyl (C=O) groups is 2. The number of hydrogen-bond acceptors (Lipinski definition) is 11. The van der Waals surface area contributed by atoms with Gasteiger partial charge in [-0.3, -0.25) is 9.36 Å². The van der Waals surface area contributed by atoms with E-state index in [-0.39, 0.29) is 11.9 Å². The summed E-state index contributed by atoms with van der Waals surface area (Å²) in [4.78, 5) is 42.5. The molecule has 2 aliphatic rings. The van der Waals surface area contributed by atoms with E-state index in [1.807, 2.05) is 50.9 Å². The Bertz CT molecular complexity index is 1950. The zero-order valence-corrected chi connectivity index (χ0v) is 27.9. The first kappa shape index (κ1) is 32.0. The predicted molar refractivity (Wildman–Crippen MR) is 176 cm³/mol. The third-order valence-electron chi connectivity index (χ3n) is 8.11. The van der Waals surface area contributed by atoms with Crippen molar-refractivity contribution < 1.29 is 19.1 Å². The van der Waals surface area contributed by atoms with Crippen molar-refractivity contribution in [3.8, 4) is 22.8 Å². The van der Waals surface area contributed by atoms with Crippen molar-refractivity contribution in [2.75, 3.05) is 19.5 Å². The Morgan fingerprint density at radius 2 is 1.30 bits per heavy atom. The van der Waals surface area contributed by atoms with E-state index in [1.54, 1.807) is 23.2 Å². The Kier molecular flexibility index (Phi) is 9.43. The van der Waals surface area contributed by atoms with Crippen LogP contribution in [0.2, 0.25) is 0 Å². The second kappa shape index (κ2) is 13.8. The first-order valence-corrected chi connectivity index (χ1v) is 16.8. The van der Waals surface area contributed by atoms with Gasteiger partial charge in [0.15, 0.2) is 16.5 Å². The van der Waals surface area contributed by atoms with Crippen molar-refractivity contribution in [1.82, 2.24) is 39.5 Å². The molecule has 0 saturated heterocycles. The molecule has 0 amide bonds. The number of rotatable bonds is 7. The minimum absolute atomic E-state index is 0.337. The Labute approximate surface area is 277 Å². The highest BCUT2D eigenvalue weighted by molar-refractivity contribution is 7.98. The second-order valence-electron chi connectivity index (χ2n) is 11.1. The molecule has 0 spiro atoms. The van der Waals surface area contributed by atoms with Gasteiger partial charge in [-0.1, -0.05) is 42.1 Å². The molecule has 2 aliphatic carbocycles. The molecule has 1 aromatic carbocycles. The number of aromatic nitrogens is 8. The van der Waals surface area contributed by atoms with Gasteiger partial charge in [-0.2, -0.15) is 10.2 Å². The monoisotopic (exact) mass is 652 g/mol. The van der Waals surface area contributed by atoms with Crippen molar-refractivity contribution in [2.45, 2.75) is 51.1 Å². The van der Waals surface area contributed by atoms with Crippen molar-refractivity contribution in [1.29, 1.82) is 0 Å². The summed E-state index contributed by atoms with van der Waals surface area (Å²) in [7, 11) is 3.67. The number of ether oxygens (including phenoxy) is 2. The first-order chi connectivity index (χ1) is 22.8. The SMILES string of the molecule is CCOC(=O)c1nn(C)c2c1CCc1cnc(Cc3ccccc3)nc1-2.CCOC(=O)c1nn(C)c2c1CCc1cnc(SC)nc1-2. The van der Waals surface area contributed by atoms with Crippen molar-refractivity contribution in [3.05, 3.63) is 87.8 Å². The maximum absolute atomic E-state index is 12.2. The molecule has 4 aromatic heterocycles. The predicted octanol–water partition coefficient (Wildman–Crippen LogP) is 4.62. The molecule has 0 N–H and O–H groups in total. The van der Waals surface area contributed by atoms with Crippen LogP contribution in [0.5, 0.6) is 0 Å².